The first-order chi connectivity index (χ1) is 8.45. The van der Waals surface area contributed by atoms with E-state index < -0.39 is 4.92 Å². The Morgan fingerprint density at radius 1 is 1.50 bits per heavy atom. The Labute approximate surface area is 120 Å². The first-order valence-electron chi connectivity index (χ1n) is 5.58. The second kappa shape index (κ2) is 6.95. The van der Waals surface area contributed by atoms with Crippen molar-refractivity contribution in [2.45, 2.75) is 13.8 Å². The highest BCUT2D eigenvalue weighted by atomic mass is 79.9. The molecule has 0 N–H and O–H groups in total. The molecule has 1 aromatic rings. The topological polar surface area (TPSA) is 52.4 Å². The second-order valence-electron chi connectivity index (χ2n) is 4.34. The summed E-state index contributed by atoms with van der Waals surface area (Å²) in [5.41, 5.74) is -0.0588. The molecule has 0 radical (unpaired) electrons. The fourth-order valence-electron chi connectivity index (χ4n) is 1.37. The predicted octanol–water partition coefficient (Wildman–Crippen LogP) is 4.29. The van der Waals surface area contributed by atoms with Crippen LogP contribution in [0.15, 0.2) is 18.2 Å². The number of nitro groups is 1. The van der Waals surface area contributed by atoms with Crippen LogP contribution >= 0.6 is 27.5 Å². The van der Waals surface area contributed by atoms with Crippen LogP contribution in [0.2, 0.25) is 5.02 Å². The number of hydrogen-bond donors (Lipinski definition) is 0. The van der Waals surface area contributed by atoms with Crippen molar-refractivity contribution < 1.29 is 9.66 Å². The minimum atomic E-state index is -0.468. The number of hydrogen-bond acceptors (Lipinski definition) is 3. The average molecular weight is 337 g/mol. The molecular formula is C12H15BrClNO3. The number of nitro benzene ring substituents is 1. The van der Waals surface area contributed by atoms with E-state index in [2.05, 4.69) is 29.8 Å². The maximum absolute atomic E-state index is 10.9. The van der Waals surface area contributed by atoms with Gasteiger partial charge in [-0.3, -0.25) is 10.1 Å². The number of rotatable bonds is 6. The van der Waals surface area contributed by atoms with Gasteiger partial charge in [0.1, 0.15) is 0 Å². The van der Waals surface area contributed by atoms with Gasteiger partial charge in [0, 0.05) is 28.4 Å². The third-order valence-corrected chi connectivity index (χ3v) is 3.78. The van der Waals surface area contributed by atoms with Crippen molar-refractivity contribution >= 4 is 33.2 Å². The SMILES string of the molecule is CC(C)C(CBr)COc1cc(Cl)ccc1[N+](=O)[O-]. The van der Waals surface area contributed by atoms with Crippen LogP contribution in [0.4, 0.5) is 5.69 Å². The molecule has 0 aliphatic carbocycles. The van der Waals surface area contributed by atoms with Crippen LogP contribution < -0.4 is 4.74 Å². The van der Waals surface area contributed by atoms with E-state index in [9.17, 15) is 10.1 Å². The lowest BCUT2D eigenvalue weighted by Crippen LogP contribution is -2.19. The Kier molecular flexibility index (Phi) is 5.88. The molecule has 0 saturated carbocycles. The molecular weight excluding hydrogens is 321 g/mol. The summed E-state index contributed by atoms with van der Waals surface area (Å²) in [4.78, 5) is 10.4. The number of alkyl halides is 1. The van der Waals surface area contributed by atoms with Gasteiger partial charge in [-0.1, -0.05) is 41.4 Å². The maximum atomic E-state index is 10.9. The summed E-state index contributed by atoms with van der Waals surface area (Å²) in [5, 5.41) is 12.1. The summed E-state index contributed by atoms with van der Waals surface area (Å²) in [7, 11) is 0. The van der Waals surface area contributed by atoms with Gasteiger partial charge in [0.05, 0.1) is 11.5 Å². The fraction of sp³-hybridized carbons (Fsp3) is 0.500. The quantitative estimate of drug-likeness (QED) is 0.442. The summed E-state index contributed by atoms with van der Waals surface area (Å²) in [6, 6.07) is 4.32. The zero-order chi connectivity index (χ0) is 13.7. The number of ether oxygens (including phenoxy) is 1. The fourth-order valence-corrected chi connectivity index (χ4v) is 2.46. The first kappa shape index (κ1) is 15.2. The molecule has 1 aromatic carbocycles. The van der Waals surface area contributed by atoms with Crippen LogP contribution in [0.25, 0.3) is 0 Å². The molecule has 18 heavy (non-hydrogen) atoms. The Morgan fingerprint density at radius 3 is 2.67 bits per heavy atom. The Balaban J connectivity index is 2.83. The van der Waals surface area contributed by atoms with Crippen molar-refractivity contribution in [1.29, 1.82) is 0 Å². The van der Waals surface area contributed by atoms with E-state index in [1.54, 1.807) is 0 Å². The number of halogens is 2. The maximum Gasteiger partial charge on any atom is 0.311 e. The first-order valence-corrected chi connectivity index (χ1v) is 7.08. The van der Waals surface area contributed by atoms with Crippen molar-refractivity contribution in [1.82, 2.24) is 0 Å². The van der Waals surface area contributed by atoms with E-state index in [-0.39, 0.29) is 11.4 Å². The van der Waals surface area contributed by atoms with Gasteiger partial charge < -0.3 is 4.74 Å². The van der Waals surface area contributed by atoms with Gasteiger partial charge in [-0.25, -0.2) is 0 Å². The zero-order valence-electron chi connectivity index (χ0n) is 10.2. The van der Waals surface area contributed by atoms with Crippen molar-refractivity contribution in [3.8, 4) is 5.75 Å². The molecule has 1 atom stereocenters. The molecule has 0 aromatic heterocycles. The Morgan fingerprint density at radius 2 is 2.17 bits per heavy atom. The third-order valence-electron chi connectivity index (χ3n) is 2.71. The summed E-state index contributed by atoms with van der Waals surface area (Å²) >= 11 is 9.23. The minimum Gasteiger partial charge on any atom is -0.486 e. The van der Waals surface area contributed by atoms with Crippen LogP contribution in [0.1, 0.15) is 13.8 Å². The van der Waals surface area contributed by atoms with E-state index >= 15 is 0 Å². The highest BCUT2D eigenvalue weighted by molar-refractivity contribution is 9.09. The van der Waals surface area contributed by atoms with Crippen LogP contribution in [0.3, 0.4) is 0 Å². The van der Waals surface area contributed by atoms with Gasteiger partial charge in [-0.05, 0) is 12.0 Å². The van der Waals surface area contributed by atoms with Gasteiger partial charge in [-0.2, -0.15) is 0 Å². The molecule has 6 heteroatoms. The Bertz CT molecular complexity index is 426. The lowest BCUT2D eigenvalue weighted by Gasteiger charge is -2.18. The summed E-state index contributed by atoms with van der Waals surface area (Å²) in [6.45, 7) is 4.59. The van der Waals surface area contributed by atoms with E-state index in [0.717, 1.165) is 5.33 Å². The minimum absolute atomic E-state index is 0.0588. The van der Waals surface area contributed by atoms with E-state index in [1.165, 1.54) is 18.2 Å². The molecule has 0 heterocycles. The summed E-state index contributed by atoms with van der Waals surface area (Å²) < 4.78 is 5.54. The molecule has 0 bridgehead atoms. The van der Waals surface area contributed by atoms with E-state index in [1.807, 2.05) is 0 Å². The highest BCUT2D eigenvalue weighted by Crippen LogP contribution is 2.30. The van der Waals surface area contributed by atoms with Crippen LogP contribution in [0, 0.1) is 22.0 Å². The lowest BCUT2D eigenvalue weighted by molar-refractivity contribution is -0.385. The third kappa shape index (κ3) is 4.14. The highest BCUT2D eigenvalue weighted by Gasteiger charge is 2.18. The van der Waals surface area contributed by atoms with Gasteiger partial charge in [0.2, 0.25) is 0 Å². The molecule has 0 aliphatic heterocycles. The normalized spacial score (nSPS) is 12.5. The summed E-state index contributed by atoms with van der Waals surface area (Å²) in [5.74, 6) is 0.949. The van der Waals surface area contributed by atoms with E-state index in [0.29, 0.717) is 23.5 Å². The molecule has 0 aliphatic rings. The van der Waals surface area contributed by atoms with Gasteiger partial charge in [0.25, 0.3) is 0 Å². The smallest absolute Gasteiger partial charge is 0.311 e. The predicted molar refractivity (Wildman–Crippen MR) is 75.7 cm³/mol. The lowest BCUT2D eigenvalue weighted by atomic mass is 9.99. The van der Waals surface area contributed by atoms with Gasteiger partial charge in [0.15, 0.2) is 5.75 Å². The zero-order valence-corrected chi connectivity index (χ0v) is 12.6. The molecule has 0 saturated heterocycles. The van der Waals surface area contributed by atoms with Crippen molar-refractivity contribution in [3.05, 3.63) is 33.3 Å². The molecule has 1 rings (SSSR count). The molecule has 1 unspecified atom stereocenters. The standard InChI is InChI=1S/C12H15BrClNO3/c1-8(2)9(6-13)7-18-12-5-10(14)3-4-11(12)15(16)17/h3-5,8-9H,6-7H2,1-2H3. The average Bonchev–Trinajstić information content (AvgIpc) is 2.29. The Hall–Kier alpha value is -0.810. The molecule has 0 amide bonds. The largest absolute Gasteiger partial charge is 0.486 e. The molecule has 100 valence electrons. The van der Waals surface area contributed by atoms with Crippen molar-refractivity contribution in [2.24, 2.45) is 11.8 Å². The van der Waals surface area contributed by atoms with Crippen molar-refractivity contribution in [3.63, 3.8) is 0 Å². The van der Waals surface area contributed by atoms with Crippen LogP contribution in [-0.2, 0) is 0 Å². The van der Waals surface area contributed by atoms with Crippen LogP contribution in [0.5, 0.6) is 5.75 Å². The number of benzene rings is 1. The monoisotopic (exact) mass is 335 g/mol. The number of nitrogens with zero attached hydrogens (tertiary/aromatic N) is 1. The molecule has 0 spiro atoms. The van der Waals surface area contributed by atoms with Gasteiger partial charge >= 0.3 is 5.69 Å². The molecule has 0 fully saturated rings. The van der Waals surface area contributed by atoms with Gasteiger partial charge in [-0.15, -0.1) is 0 Å². The van der Waals surface area contributed by atoms with Crippen LogP contribution in [-0.4, -0.2) is 16.9 Å². The van der Waals surface area contributed by atoms with E-state index in [4.69, 9.17) is 16.3 Å². The molecule has 4 nitrogen and oxygen atoms in total. The summed E-state index contributed by atoms with van der Waals surface area (Å²) in [6.07, 6.45) is 0. The second-order valence-corrected chi connectivity index (χ2v) is 5.42. The van der Waals surface area contributed by atoms with Crippen molar-refractivity contribution in [2.75, 3.05) is 11.9 Å².